The zero-order valence-electron chi connectivity index (χ0n) is 18.0. The highest BCUT2D eigenvalue weighted by Gasteiger charge is 2.50. The van der Waals surface area contributed by atoms with E-state index in [0.717, 1.165) is 17.8 Å². The van der Waals surface area contributed by atoms with E-state index < -0.39 is 5.97 Å². The third-order valence-electron chi connectivity index (χ3n) is 7.06. The molecule has 4 fully saturated rings. The van der Waals surface area contributed by atoms with Crippen LogP contribution < -0.4 is 19.5 Å². The van der Waals surface area contributed by atoms with Gasteiger partial charge < -0.3 is 24.3 Å². The molecule has 164 valence electrons. The Hall–Kier alpha value is -2.44. The van der Waals surface area contributed by atoms with Gasteiger partial charge in [-0.3, -0.25) is 4.79 Å². The normalized spacial score (nSPS) is 28.7. The Morgan fingerprint density at radius 2 is 1.47 bits per heavy atom. The average molecular weight is 418 g/mol. The molecule has 1 aromatic carbocycles. The molecular formula is C23H31NO6. The van der Waals surface area contributed by atoms with E-state index >= 15 is 0 Å². The Morgan fingerprint density at radius 1 is 0.933 bits per heavy atom. The van der Waals surface area contributed by atoms with Gasteiger partial charge in [-0.25, -0.2) is 4.79 Å². The van der Waals surface area contributed by atoms with Crippen LogP contribution in [0.3, 0.4) is 0 Å². The van der Waals surface area contributed by atoms with Crippen molar-refractivity contribution in [2.45, 2.75) is 38.5 Å². The minimum Gasteiger partial charge on any atom is -0.493 e. The van der Waals surface area contributed by atoms with Gasteiger partial charge in [0.05, 0.1) is 26.9 Å². The standard InChI is InChI=1S/C23H31NO6/c1-27-18-7-17(8-19(28-2)21(18)29-3)22(26)30-12-20(25)24-13-23-9-14-4-15(10-23)6-16(5-14)11-23/h7-8,14-16H,4-6,9-13H2,1-3H3,(H,24,25). The molecule has 0 heterocycles. The maximum atomic E-state index is 12.5. The Bertz CT molecular complexity index is 760. The SMILES string of the molecule is COc1cc(C(=O)OCC(=O)NCC23CC4CC(CC(C4)C2)C3)cc(OC)c1OC. The summed E-state index contributed by atoms with van der Waals surface area (Å²) in [6.45, 7) is 0.388. The maximum absolute atomic E-state index is 12.5. The number of ether oxygens (including phenoxy) is 4. The minimum atomic E-state index is -0.612. The second kappa shape index (κ2) is 8.36. The summed E-state index contributed by atoms with van der Waals surface area (Å²) in [7, 11) is 4.45. The van der Waals surface area contributed by atoms with Crippen molar-refractivity contribution in [2.24, 2.45) is 23.2 Å². The van der Waals surface area contributed by atoms with Gasteiger partial charge in [0.1, 0.15) is 0 Å². The van der Waals surface area contributed by atoms with Crippen LogP contribution in [0.1, 0.15) is 48.9 Å². The van der Waals surface area contributed by atoms with Crippen LogP contribution in [0.5, 0.6) is 17.2 Å². The molecule has 0 spiro atoms. The fourth-order valence-corrected chi connectivity index (χ4v) is 6.26. The van der Waals surface area contributed by atoms with Gasteiger partial charge in [-0.1, -0.05) is 0 Å². The van der Waals surface area contributed by atoms with Crippen molar-refractivity contribution in [1.29, 1.82) is 0 Å². The van der Waals surface area contributed by atoms with Crippen LogP contribution in [-0.4, -0.2) is 46.4 Å². The van der Waals surface area contributed by atoms with E-state index in [4.69, 9.17) is 18.9 Å². The first kappa shape index (κ1) is 20.8. The molecule has 7 heteroatoms. The monoisotopic (exact) mass is 417 g/mol. The summed E-state index contributed by atoms with van der Waals surface area (Å²) in [6.07, 6.45) is 7.80. The molecular weight excluding hydrogens is 386 g/mol. The molecule has 0 aliphatic heterocycles. The molecule has 1 amide bonds. The Kier molecular flexibility index (Phi) is 5.80. The van der Waals surface area contributed by atoms with Gasteiger partial charge in [0.15, 0.2) is 18.1 Å². The summed E-state index contributed by atoms with van der Waals surface area (Å²) in [5, 5.41) is 3.02. The number of nitrogens with one attached hydrogen (secondary N) is 1. The molecule has 7 nitrogen and oxygen atoms in total. The first-order valence-electron chi connectivity index (χ1n) is 10.7. The van der Waals surface area contributed by atoms with Crippen molar-refractivity contribution < 1.29 is 28.5 Å². The summed E-state index contributed by atoms with van der Waals surface area (Å²) in [4.78, 5) is 24.8. The van der Waals surface area contributed by atoms with Gasteiger partial charge in [0.2, 0.25) is 5.75 Å². The quantitative estimate of drug-likeness (QED) is 0.654. The zero-order valence-corrected chi connectivity index (χ0v) is 18.0. The molecule has 0 atom stereocenters. The van der Waals surface area contributed by atoms with E-state index in [0.29, 0.717) is 23.8 Å². The van der Waals surface area contributed by atoms with Crippen LogP contribution in [0.25, 0.3) is 0 Å². The zero-order chi connectivity index (χ0) is 21.3. The molecule has 5 rings (SSSR count). The van der Waals surface area contributed by atoms with Gasteiger partial charge in [0.25, 0.3) is 5.91 Å². The summed E-state index contributed by atoms with van der Waals surface area (Å²) in [5.74, 6) is 2.75. The summed E-state index contributed by atoms with van der Waals surface area (Å²) < 4.78 is 21.0. The molecule has 0 unspecified atom stereocenters. The highest BCUT2D eigenvalue weighted by atomic mass is 16.5. The number of carbonyl (C=O) groups excluding carboxylic acids is 2. The lowest BCUT2D eigenvalue weighted by Crippen LogP contribution is -2.51. The second-order valence-corrected chi connectivity index (χ2v) is 9.18. The summed E-state index contributed by atoms with van der Waals surface area (Å²) >= 11 is 0. The van der Waals surface area contributed by atoms with Gasteiger partial charge >= 0.3 is 5.97 Å². The van der Waals surface area contributed by atoms with Crippen molar-refractivity contribution in [3.05, 3.63) is 17.7 Å². The maximum Gasteiger partial charge on any atom is 0.338 e. The largest absolute Gasteiger partial charge is 0.493 e. The lowest BCUT2D eigenvalue weighted by atomic mass is 9.49. The van der Waals surface area contributed by atoms with Crippen LogP contribution in [0.15, 0.2) is 12.1 Å². The number of hydrogen-bond acceptors (Lipinski definition) is 6. The van der Waals surface area contributed by atoms with Crippen molar-refractivity contribution in [3.8, 4) is 17.2 Å². The van der Waals surface area contributed by atoms with E-state index in [-0.39, 0.29) is 23.5 Å². The van der Waals surface area contributed by atoms with E-state index in [9.17, 15) is 9.59 Å². The fraction of sp³-hybridized carbons (Fsp3) is 0.652. The Balaban J connectivity index is 1.31. The first-order chi connectivity index (χ1) is 14.4. The molecule has 1 N–H and O–H groups in total. The van der Waals surface area contributed by atoms with Crippen LogP contribution in [0.2, 0.25) is 0 Å². The van der Waals surface area contributed by atoms with E-state index in [1.54, 1.807) is 0 Å². The first-order valence-corrected chi connectivity index (χ1v) is 10.7. The molecule has 4 saturated carbocycles. The third-order valence-corrected chi connectivity index (χ3v) is 7.06. The Labute approximate surface area is 177 Å². The number of hydrogen-bond donors (Lipinski definition) is 1. The number of rotatable bonds is 8. The molecule has 30 heavy (non-hydrogen) atoms. The third kappa shape index (κ3) is 4.07. The van der Waals surface area contributed by atoms with Crippen LogP contribution in [0.4, 0.5) is 0 Å². The van der Waals surface area contributed by atoms with Crippen molar-refractivity contribution in [1.82, 2.24) is 5.32 Å². The van der Waals surface area contributed by atoms with Crippen molar-refractivity contribution in [2.75, 3.05) is 34.5 Å². The minimum absolute atomic E-state index is 0.235. The van der Waals surface area contributed by atoms with Gasteiger partial charge in [0, 0.05) is 6.54 Å². The average Bonchev–Trinajstić information content (AvgIpc) is 2.74. The number of benzene rings is 1. The van der Waals surface area contributed by atoms with Crippen molar-refractivity contribution >= 4 is 11.9 Å². The van der Waals surface area contributed by atoms with Crippen molar-refractivity contribution in [3.63, 3.8) is 0 Å². The highest BCUT2D eigenvalue weighted by molar-refractivity contribution is 5.92. The highest BCUT2D eigenvalue weighted by Crippen LogP contribution is 2.59. The lowest BCUT2D eigenvalue weighted by Gasteiger charge is -2.56. The second-order valence-electron chi connectivity index (χ2n) is 9.18. The molecule has 0 aromatic heterocycles. The molecule has 1 aromatic rings. The van der Waals surface area contributed by atoms with Crippen LogP contribution >= 0.6 is 0 Å². The predicted molar refractivity (Wildman–Crippen MR) is 110 cm³/mol. The number of methoxy groups -OCH3 is 3. The van der Waals surface area contributed by atoms with E-state index in [1.165, 1.54) is 72.0 Å². The number of esters is 1. The van der Waals surface area contributed by atoms with Crippen LogP contribution in [0, 0.1) is 23.2 Å². The van der Waals surface area contributed by atoms with Gasteiger partial charge in [-0.15, -0.1) is 0 Å². The Morgan fingerprint density at radius 3 is 1.93 bits per heavy atom. The smallest absolute Gasteiger partial charge is 0.338 e. The summed E-state index contributed by atoms with van der Waals surface area (Å²) in [5.41, 5.74) is 0.490. The molecule has 4 bridgehead atoms. The molecule has 0 radical (unpaired) electrons. The molecule has 4 aliphatic rings. The fourth-order valence-electron chi connectivity index (χ4n) is 6.26. The van der Waals surface area contributed by atoms with Gasteiger partial charge in [-0.2, -0.15) is 0 Å². The van der Waals surface area contributed by atoms with E-state index in [1.807, 2.05) is 0 Å². The van der Waals surface area contributed by atoms with E-state index in [2.05, 4.69) is 5.32 Å². The topological polar surface area (TPSA) is 83.1 Å². The lowest BCUT2D eigenvalue weighted by molar-refractivity contribution is -0.126. The number of amides is 1. The van der Waals surface area contributed by atoms with Crippen LogP contribution in [-0.2, 0) is 9.53 Å². The summed E-state index contributed by atoms with van der Waals surface area (Å²) in [6, 6.07) is 3.02. The predicted octanol–water partition coefficient (Wildman–Crippen LogP) is 3.20. The van der Waals surface area contributed by atoms with Gasteiger partial charge in [-0.05, 0) is 73.8 Å². The molecule has 0 saturated heterocycles. The molecule has 4 aliphatic carbocycles. The number of carbonyl (C=O) groups is 2.